The van der Waals surface area contributed by atoms with E-state index in [-0.39, 0.29) is 0 Å². The van der Waals surface area contributed by atoms with Gasteiger partial charge in [0.15, 0.2) is 0 Å². The Morgan fingerprint density at radius 2 is 2.10 bits per heavy atom. The van der Waals surface area contributed by atoms with Crippen LogP contribution in [0.25, 0.3) is 10.9 Å². The van der Waals surface area contributed by atoms with Gasteiger partial charge in [-0.15, -0.1) is 0 Å². The lowest BCUT2D eigenvalue weighted by molar-refractivity contribution is 0.203. The van der Waals surface area contributed by atoms with Gasteiger partial charge < -0.3 is 15.4 Å². The van der Waals surface area contributed by atoms with E-state index in [9.17, 15) is 0 Å². The normalized spacial score (nSPS) is 12.6. The monoisotopic (exact) mass is 287 g/mol. The fourth-order valence-corrected chi connectivity index (χ4v) is 2.49. The molecule has 114 valence electrons. The summed E-state index contributed by atoms with van der Waals surface area (Å²) in [5, 5.41) is 1.14. The number of ether oxygens (including phenoxy) is 1. The summed E-state index contributed by atoms with van der Waals surface area (Å²) in [6.45, 7) is 6.40. The average Bonchev–Trinajstić information content (AvgIpc) is 2.54. The number of hydrogen-bond donors (Lipinski definition) is 1. The number of rotatable bonds is 7. The Bertz CT molecular complexity index is 585. The molecule has 4 nitrogen and oxygen atoms in total. The second kappa shape index (κ2) is 7.38. The van der Waals surface area contributed by atoms with Crippen LogP contribution in [0.3, 0.4) is 0 Å². The molecule has 1 aromatic carbocycles. The highest BCUT2D eigenvalue weighted by atomic mass is 16.5. The maximum Gasteiger partial charge on any atom is 0.134 e. The Morgan fingerprint density at radius 3 is 2.76 bits per heavy atom. The maximum absolute atomic E-state index is 5.95. The van der Waals surface area contributed by atoms with E-state index in [0.717, 1.165) is 35.2 Å². The molecule has 0 aliphatic rings. The third-order valence-electron chi connectivity index (χ3n) is 3.93. The van der Waals surface area contributed by atoms with E-state index in [4.69, 9.17) is 15.5 Å². The van der Waals surface area contributed by atoms with E-state index in [1.807, 2.05) is 18.2 Å². The predicted octanol–water partition coefficient (Wildman–Crippen LogP) is 2.94. The summed E-state index contributed by atoms with van der Waals surface area (Å²) in [6.07, 6.45) is 1.06. The number of para-hydroxylation sites is 1. The van der Waals surface area contributed by atoms with Gasteiger partial charge in [0.25, 0.3) is 0 Å². The highest BCUT2D eigenvalue weighted by molar-refractivity contribution is 5.81. The van der Waals surface area contributed by atoms with Gasteiger partial charge in [-0.05, 0) is 25.5 Å². The van der Waals surface area contributed by atoms with Crippen LogP contribution in [0.5, 0.6) is 0 Å². The smallest absolute Gasteiger partial charge is 0.134 e. The molecule has 0 amide bonds. The summed E-state index contributed by atoms with van der Waals surface area (Å²) in [6, 6.07) is 10.7. The zero-order chi connectivity index (χ0) is 15.2. The molecule has 1 unspecified atom stereocenters. The SMILES string of the molecule is CCC(C)N(CCOC)c1nc2ccccc2cc1CN. The molecule has 2 aromatic rings. The lowest BCUT2D eigenvalue weighted by atomic mass is 10.1. The molecule has 1 aromatic heterocycles. The van der Waals surface area contributed by atoms with E-state index in [1.165, 1.54) is 0 Å². The van der Waals surface area contributed by atoms with Gasteiger partial charge >= 0.3 is 0 Å². The van der Waals surface area contributed by atoms with Crippen molar-refractivity contribution in [3.05, 3.63) is 35.9 Å². The van der Waals surface area contributed by atoms with E-state index < -0.39 is 0 Å². The molecule has 0 fully saturated rings. The first-order chi connectivity index (χ1) is 10.2. The zero-order valence-electron chi connectivity index (χ0n) is 13.2. The summed E-state index contributed by atoms with van der Waals surface area (Å²) < 4.78 is 5.25. The number of nitrogens with two attached hydrogens (primary N) is 1. The summed E-state index contributed by atoms with van der Waals surface area (Å²) in [5.41, 5.74) is 8.05. The first kappa shape index (κ1) is 15.7. The van der Waals surface area contributed by atoms with Crippen molar-refractivity contribution in [2.45, 2.75) is 32.9 Å². The van der Waals surface area contributed by atoms with Crippen LogP contribution in [-0.2, 0) is 11.3 Å². The highest BCUT2D eigenvalue weighted by Gasteiger charge is 2.18. The van der Waals surface area contributed by atoms with Crippen molar-refractivity contribution in [3.8, 4) is 0 Å². The second-order valence-electron chi connectivity index (χ2n) is 5.31. The Balaban J connectivity index is 2.48. The number of fused-ring (bicyclic) bond motifs is 1. The molecule has 0 aliphatic heterocycles. The van der Waals surface area contributed by atoms with Crippen LogP contribution in [0.15, 0.2) is 30.3 Å². The fraction of sp³-hybridized carbons (Fsp3) is 0.471. The summed E-state index contributed by atoms with van der Waals surface area (Å²) in [4.78, 5) is 7.16. The zero-order valence-corrected chi connectivity index (χ0v) is 13.2. The number of aromatic nitrogens is 1. The first-order valence-electron chi connectivity index (χ1n) is 7.55. The number of benzene rings is 1. The van der Waals surface area contributed by atoms with Gasteiger partial charge in [-0.3, -0.25) is 0 Å². The summed E-state index contributed by atoms with van der Waals surface area (Å²) >= 11 is 0. The Kier molecular flexibility index (Phi) is 5.53. The van der Waals surface area contributed by atoms with Crippen molar-refractivity contribution in [1.82, 2.24) is 4.98 Å². The summed E-state index contributed by atoms with van der Waals surface area (Å²) in [5.74, 6) is 0.989. The van der Waals surface area contributed by atoms with Gasteiger partial charge in [-0.1, -0.05) is 25.1 Å². The molecule has 21 heavy (non-hydrogen) atoms. The Labute approximate surface area is 126 Å². The first-order valence-corrected chi connectivity index (χ1v) is 7.55. The molecule has 0 saturated carbocycles. The molecule has 2 N–H and O–H groups in total. The van der Waals surface area contributed by atoms with Crippen LogP contribution in [0.2, 0.25) is 0 Å². The molecular weight excluding hydrogens is 262 g/mol. The Hall–Kier alpha value is -1.65. The lowest BCUT2D eigenvalue weighted by Gasteiger charge is -2.31. The maximum atomic E-state index is 5.95. The number of nitrogens with zero attached hydrogens (tertiary/aromatic N) is 2. The van der Waals surface area contributed by atoms with E-state index >= 15 is 0 Å². The standard InChI is InChI=1S/C17H25N3O/c1-4-13(2)20(9-10-21-3)17-15(12-18)11-14-7-5-6-8-16(14)19-17/h5-8,11,13H,4,9-10,12,18H2,1-3H3. The topological polar surface area (TPSA) is 51.4 Å². The van der Waals surface area contributed by atoms with Crippen LogP contribution in [0.4, 0.5) is 5.82 Å². The molecule has 2 rings (SSSR count). The molecular formula is C17H25N3O. The minimum Gasteiger partial charge on any atom is -0.383 e. The summed E-state index contributed by atoms with van der Waals surface area (Å²) in [7, 11) is 1.73. The number of hydrogen-bond acceptors (Lipinski definition) is 4. The minimum absolute atomic E-state index is 0.402. The van der Waals surface area contributed by atoms with E-state index in [2.05, 4.69) is 30.9 Å². The average molecular weight is 287 g/mol. The van der Waals surface area contributed by atoms with Crippen molar-refractivity contribution < 1.29 is 4.74 Å². The third-order valence-corrected chi connectivity index (χ3v) is 3.93. The molecule has 1 heterocycles. The van der Waals surface area contributed by atoms with Crippen molar-refractivity contribution in [2.24, 2.45) is 5.73 Å². The minimum atomic E-state index is 0.402. The van der Waals surface area contributed by atoms with Gasteiger partial charge in [-0.25, -0.2) is 4.98 Å². The van der Waals surface area contributed by atoms with Crippen LogP contribution < -0.4 is 10.6 Å². The van der Waals surface area contributed by atoms with Crippen molar-refractivity contribution in [1.29, 1.82) is 0 Å². The molecule has 1 atom stereocenters. The molecule has 0 saturated heterocycles. The fourth-order valence-electron chi connectivity index (χ4n) is 2.49. The third kappa shape index (κ3) is 3.52. The molecule has 0 bridgehead atoms. The van der Waals surface area contributed by atoms with Gasteiger partial charge in [0.2, 0.25) is 0 Å². The molecule has 0 radical (unpaired) electrons. The van der Waals surface area contributed by atoms with Gasteiger partial charge in [0.1, 0.15) is 5.82 Å². The van der Waals surface area contributed by atoms with Gasteiger partial charge in [0.05, 0.1) is 12.1 Å². The lowest BCUT2D eigenvalue weighted by Crippen LogP contribution is -2.37. The predicted molar refractivity (Wildman–Crippen MR) is 88.6 cm³/mol. The van der Waals surface area contributed by atoms with Gasteiger partial charge in [-0.2, -0.15) is 0 Å². The number of pyridine rings is 1. The van der Waals surface area contributed by atoms with Crippen LogP contribution in [0.1, 0.15) is 25.8 Å². The van der Waals surface area contributed by atoms with Crippen molar-refractivity contribution in [3.63, 3.8) is 0 Å². The molecule has 4 heteroatoms. The number of anilines is 1. The van der Waals surface area contributed by atoms with Crippen molar-refractivity contribution in [2.75, 3.05) is 25.2 Å². The number of methoxy groups -OCH3 is 1. The molecule has 0 spiro atoms. The quantitative estimate of drug-likeness (QED) is 0.850. The van der Waals surface area contributed by atoms with Crippen LogP contribution >= 0.6 is 0 Å². The van der Waals surface area contributed by atoms with Crippen LogP contribution in [0, 0.1) is 0 Å². The largest absolute Gasteiger partial charge is 0.383 e. The van der Waals surface area contributed by atoms with Crippen molar-refractivity contribution >= 4 is 16.7 Å². The highest BCUT2D eigenvalue weighted by Crippen LogP contribution is 2.25. The van der Waals surface area contributed by atoms with E-state index in [1.54, 1.807) is 7.11 Å². The van der Waals surface area contributed by atoms with E-state index in [0.29, 0.717) is 19.2 Å². The van der Waals surface area contributed by atoms with Crippen LogP contribution in [-0.4, -0.2) is 31.3 Å². The van der Waals surface area contributed by atoms with Gasteiger partial charge in [0, 0.05) is 37.2 Å². The molecule has 0 aliphatic carbocycles. The second-order valence-corrected chi connectivity index (χ2v) is 5.31. The Morgan fingerprint density at radius 1 is 1.33 bits per heavy atom.